The Morgan fingerprint density at radius 1 is 1.20 bits per heavy atom. The molecule has 0 bridgehead atoms. The van der Waals surface area contributed by atoms with Crippen LogP contribution in [-0.4, -0.2) is 12.2 Å². The van der Waals surface area contributed by atoms with Crippen molar-refractivity contribution >= 4 is 21.6 Å². The van der Waals surface area contributed by atoms with E-state index in [1.54, 1.807) is 12.1 Å². The maximum atomic E-state index is 13.1. The summed E-state index contributed by atoms with van der Waals surface area (Å²) in [5.74, 6) is -1.44. The van der Waals surface area contributed by atoms with E-state index in [0.717, 1.165) is 17.7 Å². The summed E-state index contributed by atoms with van der Waals surface area (Å²) in [4.78, 5) is 0. The van der Waals surface area contributed by atoms with E-state index in [-0.39, 0.29) is 5.75 Å². The number of methoxy groups -OCH3 is 1. The Balaban J connectivity index is 2.14. The molecule has 0 radical (unpaired) electrons. The number of nitrogens with one attached hydrogen (secondary N) is 1. The number of hydrogen-bond acceptors (Lipinski definition) is 3. The molecule has 0 amide bonds. The number of phenols is 1. The molecule has 0 aliphatic carbocycles. The number of phenolic OH excluding ortho intramolecular Hbond substituents is 1. The first-order valence-corrected chi connectivity index (χ1v) is 6.55. The molecule has 0 aliphatic heterocycles. The van der Waals surface area contributed by atoms with Gasteiger partial charge in [0.05, 0.1) is 11.6 Å². The molecule has 3 nitrogen and oxygen atoms in total. The van der Waals surface area contributed by atoms with Crippen LogP contribution in [0.25, 0.3) is 0 Å². The summed E-state index contributed by atoms with van der Waals surface area (Å²) in [6.07, 6.45) is 0. The summed E-state index contributed by atoms with van der Waals surface area (Å²) in [5.41, 5.74) is 1.28. The summed E-state index contributed by atoms with van der Waals surface area (Å²) in [5, 5.41) is 12.7. The van der Waals surface area contributed by atoms with Crippen LogP contribution >= 0.6 is 15.9 Å². The molecule has 0 spiro atoms. The standard InChI is InChI=1S/C14H12BrF2NO2/c1-20-13-5-8(4-10(15)14(13)19)7-18-9-2-3-11(16)12(17)6-9/h2-6,18-19H,7H2,1H3. The van der Waals surface area contributed by atoms with E-state index in [1.807, 2.05) is 0 Å². The first-order valence-electron chi connectivity index (χ1n) is 5.75. The van der Waals surface area contributed by atoms with Crippen molar-refractivity contribution in [3.8, 4) is 11.5 Å². The second-order valence-electron chi connectivity index (χ2n) is 4.11. The molecule has 0 unspecified atom stereocenters. The van der Waals surface area contributed by atoms with Crippen molar-refractivity contribution in [3.05, 3.63) is 52.0 Å². The molecule has 0 aliphatic rings. The monoisotopic (exact) mass is 343 g/mol. The lowest BCUT2D eigenvalue weighted by Crippen LogP contribution is -2.01. The predicted molar refractivity (Wildman–Crippen MR) is 76.0 cm³/mol. The number of hydrogen-bond donors (Lipinski definition) is 2. The summed E-state index contributed by atoms with van der Waals surface area (Å²) < 4.78 is 31.4. The van der Waals surface area contributed by atoms with E-state index in [4.69, 9.17) is 4.74 Å². The Morgan fingerprint density at radius 2 is 1.95 bits per heavy atom. The fourth-order valence-electron chi connectivity index (χ4n) is 1.70. The quantitative estimate of drug-likeness (QED) is 0.879. The highest BCUT2D eigenvalue weighted by atomic mass is 79.9. The fourth-order valence-corrected chi connectivity index (χ4v) is 2.18. The van der Waals surface area contributed by atoms with Gasteiger partial charge < -0.3 is 15.2 Å². The minimum Gasteiger partial charge on any atom is -0.503 e. The zero-order valence-electron chi connectivity index (χ0n) is 10.6. The summed E-state index contributed by atoms with van der Waals surface area (Å²) in [6.45, 7) is 0.375. The van der Waals surface area contributed by atoms with Crippen LogP contribution in [0.3, 0.4) is 0 Å². The van der Waals surface area contributed by atoms with Crippen molar-refractivity contribution in [3.63, 3.8) is 0 Å². The molecule has 0 saturated carbocycles. The number of aromatic hydroxyl groups is 1. The smallest absolute Gasteiger partial charge is 0.172 e. The van der Waals surface area contributed by atoms with Crippen LogP contribution in [0.4, 0.5) is 14.5 Å². The Morgan fingerprint density at radius 3 is 2.60 bits per heavy atom. The Labute approximate surface area is 123 Å². The van der Waals surface area contributed by atoms with Gasteiger partial charge in [0.25, 0.3) is 0 Å². The van der Waals surface area contributed by atoms with Crippen LogP contribution in [0.1, 0.15) is 5.56 Å². The first kappa shape index (κ1) is 14.6. The molecule has 20 heavy (non-hydrogen) atoms. The van der Waals surface area contributed by atoms with Gasteiger partial charge in [0.2, 0.25) is 0 Å². The van der Waals surface area contributed by atoms with Crippen LogP contribution in [0.5, 0.6) is 11.5 Å². The minimum atomic E-state index is -0.903. The average Bonchev–Trinajstić information content (AvgIpc) is 2.43. The third-order valence-electron chi connectivity index (χ3n) is 2.72. The van der Waals surface area contributed by atoms with Crippen molar-refractivity contribution in [2.45, 2.75) is 6.54 Å². The minimum absolute atomic E-state index is 0.0177. The lowest BCUT2D eigenvalue weighted by Gasteiger charge is -2.11. The number of ether oxygens (including phenoxy) is 1. The molecule has 106 valence electrons. The number of rotatable bonds is 4. The molecular weight excluding hydrogens is 332 g/mol. The normalized spacial score (nSPS) is 10.4. The Bertz CT molecular complexity index is 635. The van der Waals surface area contributed by atoms with Gasteiger partial charge in [0, 0.05) is 18.3 Å². The third-order valence-corrected chi connectivity index (χ3v) is 3.33. The SMILES string of the molecule is COc1cc(CNc2ccc(F)c(F)c2)cc(Br)c1O. The maximum absolute atomic E-state index is 13.1. The molecule has 2 rings (SSSR count). The second-order valence-corrected chi connectivity index (χ2v) is 4.97. The van der Waals surface area contributed by atoms with Crippen LogP contribution in [0, 0.1) is 11.6 Å². The molecule has 6 heteroatoms. The van der Waals surface area contributed by atoms with Gasteiger partial charge >= 0.3 is 0 Å². The Kier molecular flexibility index (Phi) is 4.44. The highest BCUT2D eigenvalue weighted by molar-refractivity contribution is 9.10. The molecule has 0 fully saturated rings. The van der Waals surface area contributed by atoms with Crippen LogP contribution in [0.2, 0.25) is 0 Å². The molecule has 0 heterocycles. The molecule has 2 aromatic rings. The van der Waals surface area contributed by atoms with Gasteiger partial charge in [-0.15, -0.1) is 0 Å². The van der Waals surface area contributed by atoms with Gasteiger partial charge in [0.15, 0.2) is 23.1 Å². The van der Waals surface area contributed by atoms with E-state index < -0.39 is 11.6 Å². The third kappa shape index (κ3) is 3.19. The fraction of sp³-hybridized carbons (Fsp3) is 0.143. The maximum Gasteiger partial charge on any atom is 0.172 e. The van der Waals surface area contributed by atoms with Gasteiger partial charge in [-0.3, -0.25) is 0 Å². The van der Waals surface area contributed by atoms with Crippen molar-refractivity contribution in [2.75, 3.05) is 12.4 Å². The topological polar surface area (TPSA) is 41.5 Å². The van der Waals surface area contributed by atoms with Gasteiger partial charge in [0.1, 0.15) is 0 Å². The zero-order chi connectivity index (χ0) is 14.7. The second kappa shape index (κ2) is 6.09. The van der Waals surface area contributed by atoms with Crippen LogP contribution in [0.15, 0.2) is 34.8 Å². The molecule has 0 aromatic heterocycles. The molecule has 2 aromatic carbocycles. The van der Waals surface area contributed by atoms with Gasteiger partial charge in [-0.25, -0.2) is 8.78 Å². The molecule has 2 N–H and O–H groups in total. The molecule has 0 atom stereocenters. The van der Waals surface area contributed by atoms with Gasteiger partial charge in [-0.1, -0.05) is 0 Å². The predicted octanol–water partition coefficient (Wildman–Crippen LogP) is 4.05. The zero-order valence-corrected chi connectivity index (χ0v) is 12.2. The van der Waals surface area contributed by atoms with Crippen molar-refractivity contribution < 1.29 is 18.6 Å². The summed E-state index contributed by atoms with van der Waals surface area (Å²) >= 11 is 3.22. The van der Waals surface area contributed by atoms with E-state index in [9.17, 15) is 13.9 Å². The van der Waals surface area contributed by atoms with E-state index in [0.29, 0.717) is 22.5 Å². The lowest BCUT2D eigenvalue weighted by atomic mass is 10.2. The first-order chi connectivity index (χ1) is 9.51. The number of anilines is 1. The highest BCUT2D eigenvalue weighted by Gasteiger charge is 2.09. The Hall–Kier alpha value is -1.82. The summed E-state index contributed by atoms with van der Waals surface area (Å²) in [6, 6.07) is 6.97. The highest BCUT2D eigenvalue weighted by Crippen LogP contribution is 2.35. The van der Waals surface area contributed by atoms with Gasteiger partial charge in [-0.2, -0.15) is 0 Å². The number of benzene rings is 2. The van der Waals surface area contributed by atoms with Crippen molar-refractivity contribution in [1.82, 2.24) is 0 Å². The van der Waals surface area contributed by atoms with Crippen LogP contribution in [-0.2, 0) is 6.54 Å². The largest absolute Gasteiger partial charge is 0.503 e. The van der Waals surface area contributed by atoms with Crippen LogP contribution < -0.4 is 10.1 Å². The molecule has 0 saturated heterocycles. The molecular formula is C14H12BrF2NO2. The van der Waals surface area contributed by atoms with Crippen molar-refractivity contribution in [1.29, 1.82) is 0 Å². The lowest BCUT2D eigenvalue weighted by molar-refractivity contribution is 0.371. The van der Waals surface area contributed by atoms with Crippen molar-refractivity contribution in [2.24, 2.45) is 0 Å². The summed E-state index contributed by atoms with van der Waals surface area (Å²) in [7, 11) is 1.45. The van der Waals surface area contributed by atoms with E-state index >= 15 is 0 Å². The number of halogens is 3. The van der Waals surface area contributed by atoms with Gasteiger partial charge in [-0.05, 0) is 45.8 Å². The van der Waals surface area contributed by atoms with E-state index in [1.165, 1.54) is 13.2 Å². The van der Waals surface area contributed by atoms with E-state index in [2.05, 4.69) is 21.2 Å². The average molecular weight is 344 g/mol.